The Morgan fingerprint density at radius 3 is 3.00 bits per heavy atom. The zero-order valence-corrected chi connectivity index (χ0v) is 10.5. The zero-order valence-electron chi connectivity index (χ0n) is 10.5. The van der Waals surface area contributed by atoms with Gasteiger partial charge in [0, 0.05) is 17.8 Å². The van der Waals surface area contributed by atoms with Gasteiger partial charge in [0.25, 0.3) is 5.91 Å². The van der Waals surface area contributed by atoms with Gasteiger partial charge >= 0.3 is 0 Å². The van der Waals surface area contributed by atoms with E-state index in [4.69, 9.17) is 0 Å². The molecule has 0 radical (unpaired) electrons. The number of anilines is 1. The smallest absolute Gasteiger partial charge is 0.251 e. The summed E-state index contributed by atoms with van der Waals surface area (Å²) in [5.74, 6) is 0.0979. The molecular weight excluding hydrogens is 244 g/mol. The molecule has 0 saturated heterocycles. The van der Waals surface area contributed by atoms with Gasteiger partial charge < -0.3 is 15.7 Å². The number of aliphatic hydroxyl groups excluding tert-OH is 1. The molecule has 100 valence electrons. The number of hydrogen-bond donors (Lipinski definition) is 3. The Bertz CT molecular complexity index is 537. The van der Waals surface area contributed by atoms with Crippen LogP contribution >= 0.6 is 0 Å². The summed E-state index contributed by atoms with van der Waals surface area (Å²) in [6.07, 6.45) is 1.97. The van der Waals surface area contributed by atoms with E-state index in [9.17, 15) is 14.7 Å². The van der Waals surface area contributed by atoms with Crippen molar-refractivity contribution in [3.05, 3.63) is 29.3 Å². The molecule has 1 unspecified atom stereocenters. The molecule has 0 aromatic heterocycles. The predicted molar refractivity (Wildman–Crippen MR) is 69.8 cm³/mol. The van der Waals surface area contributed by atoms with Crippen molar-refractivity contribution in [2.75, 3.05) is 11.9 Å². The highest BCUT2D eigenvalue weighted by molar-refractivity contribution is 6.01. The second kappa shape index (κ2) is 4.66. The number of carbonyl (C=O) groups is 2. The molecule has 1 aliphatic heterocycles. The van der Waals surface area contributed by atoms with Crippen molar-refractivity contribution in [2.45, 2.75) is 25.4 Å². The maximum Gasteiger partial charge on any atom is 0.251 e. The zero-order chi connectivity index (χ0) is 13.4. The summed E-state index contributed by atoms with van der Waals surface area (Å²) in [6.45, 7) is 0.289. The Hall–Kier alpha value is -1.88. The highest BCUT2D eigenvalue weighted by Gasteiger charge is 2.29. The summed E-state index contributed by atoms with van der Waals surface area (Å²) >= 11 is 0. The molecule has 2 aliphatic rings. The third kappa shape index (κ3) is 2.61. The van der Waals surface area contributed by atoms with Gasteiger partial charge in [-0.15, -0.1) is 0 Å². The lowest BCUT2D eigenvalue weighted by atomic mass is 10.1. The number of aliphatic hydroxyl groups is 1. The first-order valence-corrected chi connectivity index (χ1v) is 6.52. The topological polar surface area (TPSA) is 78.4 Å². The average Bonchev–Trinajstić information content (AvgIpc) is 3.16. The van der Waals surface area contributed by atoms with Crippen molar-refractivity contribution in [1.29, 1.82) is 0 Å². The van der Waals surface area contributed by atoms with Crippen LogP contribution in [0.15, 0.2) is 18.2 Å². The SMILES string of the molecule is O=C1Cc2cc(C(=O)NCC(O)C3CC3)ccc2N1. The van der Waals surface area contributed by atoms with Gasteiger partial charge in [0.1, 0.15) is 0 Å². The highest BCUT2D eigenvalue weighted by atomic mass is 16.3. The van der Waals surface area contributed by atoms with Gasteiger partial charge in [0.05, 0.1) is 12.5 Å². The molecule has 19 heavy (non-hydrogen) atoms. The molecule has 1 aliphatic carbocycles. The normalized spacial score (nSPS) is 18.7. The fourth-order valence-electron chi connectivity index (χ4n) is 2.32. The molecule has 0 spiro atoms. The van der Waals surface area contributed by atoms with Crippen molar-refractivity contribution in [3.63, 3.8) is 0 Å². The van der Waals surface area contributed by atoms with Gasteiger partial charge in [0.2, 0.25) is 5.91 Å². The molecule has 1 heterocycles. The fraction of sp³-hybridized carbons (Fsp3) is 0.429. The van der Waals surface area contributed by atoms with E-state index in [-0.39, 0.29) is 18.4 Å². The Morgan fingerprint density at radius 2 is 2.26 bits per heavy atom. The predicted octanol–water partition coefficient (Wildman–Crippen LogP) is 0.682. The van der Waals surface area contributed by atoms with E-state index in [0.717, 1.165) is 24.1 Å². The molecule has 5 heteroatoms. The Morgan fingerprint density at radius 1 is 1.47 bits per heavy atom. The fourth-order valence-corrected chi connectivity index (χ4v) is 2.32. The number of rotatable bonds is 4. The minimum absolute atomic E-state index is 0.0447. The maximum atomic E-state index is 11.9. The maximum absolute atomic E-state index is 11.9. The number of benzene rings is 1. The molecule has 1 atom stereocenters. The van der Waals surface area contributed by atoms with E-state index >= 15 is 0 Å². The van der Waals surface area contributed by atoms with Crippen molar-refractivity contribution in [1.82, 2.24) is 5.32 Å². The number of fused-ring (bicyclic) bond motifs is 1. The summed E-state index contributed by atoms with van der Waals surface area (Å²) in [5.41, 5.74) is 2.15. The molecule has 1 aromatic carbocycles. The Labute approximate surface area is 111 Å². The quantitative estimate of drug-likeness (QED) is 0.745. The van der Waals surface area contributed by atoms with Crippen LogP contribution in [-0.4, -0.2) is 29.6 Å². The van der Waals surface area contributed by atoms with Crippen LogP contribution < -0.4 is 10.6 Å². The molecule has 1 fully saturated rings. The number of nitrogens with one attached hydrogen (secondary N) is 2. The molecule has 3 N–H and O–H groups in total. The number of carbonyl (C=O) groups excluding carboxylic acids is 2. The standard InChI is InChI=1S/C14H16N2O3/c17-12(8-1-2-8)7-15-14(19)9-3-4-11-10(5-9)6-13(18)16-11/h3-5,8,12,17H,1-2,6-7H2,(H,15,19)(H,16,18). The van der Waals surface area contributed by atoms with Crippen LogP contribution in [0.4, 0.5) is 5.69 Å². The third-order valence-electron chi connectivity index (χ3n) is 3.63. The van der Waals surface area contributed by atoms with E-state index in [1.807, 2.05) is 0 Å². The van der Waals surface area contributed by atoms with E-state index < -0.39 is 6.10 Å². The van der Waals surface area contributed by atoms with E-state index in [1.165, 1.54) is 0 Å². The van der Waals surface area contributed by atoms with Crippen LogP contribution in [0.2, 0.25) is 0 Å². The van der Waals surface area contributed by atoms with Crippen LogP contribution in [-0.2, 0) is 11.2 Å². The first-order chi connectivity index (χ1) is 9.13. The van der Waals surface area contributed by atoms with Gasteiger partial charge in [0.15, 0.2) is 0 Å². The molecular formula is C14H16N2O3. The molecule has 2 amide bonds. The van der Waals surface area contributed by atoms with Crippen molar-refractivity contribution in [3.8, 4) is 0 Å². The minimum atomic E-state index is -0.443. The summed E-state index contributed by atoms with van der Waals surface area (Å²) in [5, 5.41) is 15.2. The first kappa shape index (κ1) is 12.2. The van der Waals surface area contributed by atoms with E-state index in [2.05, 4.69) is 10.6 Å². The number of hydrogen-bond acceptors (Lipinski definition) is 3. The molecule has 0 bridgehead atoms. The van der Waals surface area contributed by atoms with E-state index in [1.54, 1.807) is 18.2 Å². The largest absolute Gasteiger partial charge is 0.391 e. The number of amides is 2. The van der Waals surface area contributed by atoms with Crippen molar-refractivity contribution >= 4 is 17.5 Å². The Kier molecular flexibility index (Phi) is 2.98. The van der Waals surface area contributed by atoms with Crippen LogP contribution in [0.25, 0.3) is 0 Å². The van der Waals surface area contributed by atoms with Crippen LogP contribution in [0.1, 0.15) is 28.8 Å². The lowest BCUT2D eigenvalue weighted by molar-refractivity contribution is -0.115. The van der Waals surface area contributed by atoms with Crippen LogP contribution in [0, 0.1) is 5.92 Å². The molecule has 3 rings (SSSR count). The van der Waals surface area contributed by atoms with Gasteiger partial charge in [-0.05, 0) is 42.5 Å². The van der Waals surface area contributed by atoms with Gasteiger partial charge in [-0.25, -0.2) is 0 Å². The van der Waals surface area contributed by atoms with Crippen molar-refractivity contribution in [2.24, 2.45) is 5.92 Å². The summed E-state index contributed by atoms with van der Waals surface area (Å²) < 4.78 is 0. The molecule has 1 saturated carbocycles. The summed E-state index contributed by atoms with van der Waals surface area (Å²) in [7, 11) is 0. The van der Waals surface area contributed by atoms with Crippen LogP contribution in [0.3, 0.4) is 0 Å². The van der Waals surface area contributed by atoms with Gasteiger partial charge in [-0.3, -0.25) is 9.59 Å². The average molecular weight is 260 g/mol. The molecule has 1 aromatic rings. The summed E-state index contributed by atoms with van der Waals surface area (Å²) in [6, 6.07) is 5.15. The van der Waals surface area contributed by atoms with E-state index in [0.29, 0.717) is 17.9 Å². The monoisotopic (exact) mass is 260 g/mol. The second-order valence-corrected chi connectivity index (χ2v) is 5.21. The van der Waals surface area contributed by atoms with Crippen molar-refractivity contribution < 1.29 is 14.7 Å². The van der Waals surface area contributed by atoms with Crippen LogP contribution in [0.5, 0.6) is 0 Å². The second-order valence-electron chi connectivity index (χ2n) is 5.21. The molecule has 5 nitrogen and oxygen atoms in total. The highest BCUT2D eigenvalue weighted by Crippen LogP contribution is 2.32. The minimum Gasteiger partial charge on any atom is -0.391 e. The third-order valence-corrected chi connectivity index (χ3v) is 3.63. The van der Waals surface area contributed by atoms with Gasteiger partial charge in [-0.1, -0.05) is 0 Å². The van der Waals surface area contributed by atoms with Gasteiger partial charge in [-0.2, -0.15) is 0 Å². The first-order valence-electron chi connectivity index (χ1n) is 6.52. The lowest BCUT2D eigenvalue weighted by Crippen LogP contribution is -2.33. The Balaban J connectivity index is 1.63. The lowest BCUT2D eigenvalue weighted by Gasteiger charge is -2.11. The summed E-state index contributed by atoms with van der Waals surface area (Å²) in [4.78, 5) is 23.2.